The third-order valence-corrected chi connectivity index (χ3v) is 3.15. The zero-order valence-electron chi connectivity index (χ0n) is 12.2. The first-order valence-corrected chi connectivity index (χ1v) is 7.08. The van der Waals surface area contributed by atoms with Crippen molar-refractivity contribution in [2.75, 3.05) is 5.32 Å². The number of ether oxygens (including phenoxy) is 1. The third-order valence-electron chi connectivity index (χ3n) is 3.15. The normalized spacial score (nSPS) is 10.3. The van der Waals surface area contributed by atoms with Crippen molar-refractivity contribution < 1.29 is 19.1 Å². The van der Waals surface area contributed by atoms with E-state index >= 15 is 0 Å². The molecule has 0 unspecified atom stereocenters. The van der Waals surface area contributed by atoms with E-state index in [0.717, 1.165) is 11.4 Å². The van der Waals surface area contributed by atoms with E-state index in [4.69, 9.17) is 14.3 Å². The van der Waals surface area contributed by atoms with Crippen LogP contribution in [0.5, 0.6) is 5.75 Å². The average molecular weight is 309 g/mol. The number of para-hydroxylation sites is 1. The Balaban J connectivity index is 1.64. The topological polar surface area (TPSA) is 71.7 Å². The predicted molar refractivity (Wildman–Crippen MR) is 86.2 cm³/mol. The summed E-state index contributed by atoms with van der Waals surface area (Å²) in [6.45, 7) is 0.169. The standard InChI is InChI=1S/C18H15NO4/c20-18(21)17-10-9-16(23-17)12-22-15-8-4-7-14(11-15)19-13-5-2-1-3-6-13/h1-11,19H,12H2,(H,20,21). The fourth-order valence-electron chi connectivity index (χ4n) is 2.08. The van der Waals surface area contributed by atoms with Gasteiger partial charge in [0.1, 0.15) is 18.1 Å². The Morgan fingerprint density at radius 2 is 1.78 bits per heavy atom. The second-order valence-electron chi connectivity index (χ2n) is 4.88. The molecule has 0 radical (unpaired) electrons. The fourth-order valence-corrected chi connectivity index (χ4v) is 2.08. The number of rotatable bonds is 6. The van der Waals surface area contributed by atoms with Gasteiger partial charge < -0.3 is 19.6 Å². The van der Waals surface area contributed by atoms with E-state index in [2.05, 4.69) is 5.32 Å². The second-order valence-corrected chi connectivity index (χ2v) is 4.88. The monoisotopic (exact) mass is 309 g/mol. The van der Waals surface area contributed by atoms with E-state index < -0.39 is 5.97 Å². The van der Waals surface area contributed by atoms with E-state index in [1.807, 2.05) is 54.6 Å². The molecule has 0 saturated heterocycles. The Kier molecular flexibility index (Phi) is 4.29. The van der Waals surface area contributed by atoms with Crippen molar-refractivity contribution in [1.29, 1.82) is 0 Å². The predicted octanol–water partition coefficient (Wildman–Crippen LogP) is 4.30. The van der Waals surface area contributed by atoms with Crippen LogP contribution in [0, 0.1) is 0 Å². The molecule has 116 valence electrons. The lowest BCUT2D eigenvalue weighted by Crippen LogP contribution is -1.96. The summed E-state index contributed by atoms with van der Waals surface area (Å²) in [5.41, 5.74) is 1.89. The van der Waals surface area contributed by atoms with Crippen LogP contribution in [0.1, 0.15) is 16.3 Å². The van der Waals surface area contributed by atoms with Gasteiger partial charge in [0.15, 0.2) is 0 Å². The van der Waals surface area contributed by atoms with Crippen LogP contribution in [0.15, 0.2) is 71.1 Å². The minimum Gasteiger partial charge on any atom is -0.486 e. The minimum absolute atomic E-state index is 0.0944. The molecule has 3 aromatic rings. The fraction of sp³-hybridized carbons (Fsp3) is 0.0556. The lowest BCUT2D eigenvalue weighted by molar-refractivity contribution is 0.0658. The highest BCUT2D eigenvalue weighted by atomic mass is 16.5. The van der Waals surface area contributed by atoms with Crippen molar-refractivity contribution >= 4 is 17.3 Å². The Labute approximate surface area is 133 Å². The van der Waals surface area contributed by atoms with Crippen molar-refractivity contribution in [2.45, 2.75) is 6.61 Å². The van der Waals surface area contributed by atoms with Gasteiger partial charge in [0.2, 0.25) is 5.76 Å². The molecule has 2 aromatic carbocycles. The van der Waals surface area contributed by atoms with Crippen LogP contribution in [0.3, 0.4) is 0 Å². The quantitative estimate of drug-likeness (QED) is 0.710. The summed E-state index contributed by atoms with van der Waals surface area (Å²) in [4.78, 5) is 10.8. The molecule has 0 bridgehead atoms. The zero-order chi connectivity index (χ0) is 16.1. The van der Waals surface area contributed by atoms with Crippen LogP contribution in [0.4, 0.5) is 11.4 Å². The van der Waals surface area contributed by atoms with Gasteiger partial charge in [-0.05, 0) is 36.4 Å². The van der Waals surface area contributed by atoms with Gasteiger partial charge in [-0.15, -0.1) is 0 Å². The maximum Gasteiger partial charge on any atom is 0.371 e. The first-order valence-electron chi connectivity index (χ1n) is 7.08. The Bertz CT molecular complexity index is 796. The number of nitrogens with one attached hydrogen (secondary N) is 1. The molecule has 23 heavy (non-hydrogen) atoms. The maximum absolute atomic E-state index is 10.8. The van der Waals surface area contributed by atoms with Crippen LogP contribution in [-0.4, -0.2) is 11.1 Å². The lowest BCUT2D eigenvalue weighted by Gasteiger charge is -2.09. The first kappa shape index (κ1) is 14.7. The van der Waals surface area contributed by atoms with E-state index in [-0.39, 0.29) is 12.4 Å². The number of carbonyl (C=O) groups is 1. The molecule has 0 spiro atoms. The van der Waals surface area contributed by atoms with Gasteiger partial charge in [-0.3, -0.25) is 0 Å². The van der Waals surface area contributed by atoms with E-state index in [1.54, 1.807) is 6.07 Å². The number of carboxylic acid groups (broad SMARTS) is 1. The number of hydrogen-bond donors (Lipinski definition) is 2. The molecule has 0 atom stereocenters. The van der Waals surface area contributed by atoms with Gasteiger partial charge in [-0.2, -0.15) is 0 Å². The minimum atomic E-state index is -1.09. The van der Waals surface area contributed by atoms with Crippen LogP contribution in [-0.2, 0) is 6.61 Å². The number of furan rings is 1. The summed E-state index contributed by atoms with van der Waals surface area (Å²) in [5, 5.41) is 12.1. The van der Waals surface area contributed by atoms with Crippen LogP contribution >= 0.6 is 0 Å². The summed E-state index contributed by atoms with van der Waals surface area (Å²) < 4.78 is 10.8. The van der Waals surface area contributed by atoms with Gasteiger partial charge in [-0.25, -0.2) is 4.79 Å². The molecule has 1 aromatic heterocycles. The largest absolute Gasteiger partial charge is 0.486 e. The second kappa shape index (κ2) is 6.70. The van der Waals surface area contributed by atoms with Crippen molar-refractivity contribution in [2.24, 2.45) is 0 Å². The van der Waals surface area contributed by atoms with Gasteiger partial charge in [-0.1, -0.05) is 24.3 Å². The maximum atomic E-state index is 10.8. The molecule has 2 N–H and O–H groups in total. The Morgan fingerprint density at radius 1 is 1.00 bits per heavy atom. The molecule has 5 heteroatoms. The van der Waals surface area contributed by atoms with Gasteiger partial charge in [0.25, 0.3) is 0 Å². The van der Waals surface area contributed by atoms with Crippen LogP contribution in [0.25, 0.3) is 0 Å². The molecular formula is C18H15NO4. The van der Waals surface area contributed by atoms with Gasteiger partial charge in [0, 0.05) is 17.4 Å². The summed E-state index contributed by atoms with van der Waals surface area (Å²) in [6, 6.07) is 20.3. The van der Waals surface area contributed by atoms with Crippen molar-refractivity contribution in [3.8, 4) is 5.75 Å². The molecule has 0 amide bonds. The van der Waals surface area contributed by atoms with Crippen LogP contribution < -0.4 is 10.1 Å². The van der Waals surface area contributed by atoms with E-state index in [1.165, 1.54) is 6.07 Å². The molecule has 3 rings (SSSR count). The molecule has 0 aliphatic rings. The van der Waals surface area contributed by atoms with Crippen LogP contribution in [0.2, 0.25) is 0 Å². The van der Waals surface area contributed by atoms with Crippen molar-refractivity contribution in [3.63, 3.8) is 0 Å². The number of carboxylic acids is 1. The molecule has 1 heterocycles. The lowest BCUT2D eigenvalue weighted by atomic mass is 10.2. The SMILES string of the molecule is O=C(O)c1ccc(COc2cccc(Nc3ccccc3)c2)o1. The molecule has 0 aliphatic carbocycles. The molecule has 0 fully saturated rings. The van der Waals surface area contributed by atoms with Crippen molar-refractivity contribution in [3.05, 3.63) is 78.3 Å². The summed E-state index contributed by atoms with van der Waals surface area (Å²) in [5.74, 6) is -0.0589. The third kappa shape index (κ3) is 3.91. The van der Waals surface area contributed by atoms with E-state index in [0.29, 0.717) is 11.5 Å². The summed E-state index contributed by atoms with van der Waals surface area (Å²) in [7, 11) is 0. The number of hydrogen-bond acceptors (Lipinski definition) is 4. The number of aromatic carboxylic acids is 1. The highest BCUT2D eigenvalue weighted by Gasteiger charge is 2.09. The van der Waals surface area contributed by atoms with Gasteiger partial charge >= 0.3 is 5.97 Å². The molecule has 5 nitrogen and oxygen atoms in total. The highest BCUT2D eigenvalue weighted by molar-refractivity contribution is 5.84. The summed E-state index contributed by atoms with van der Waals surface area (Å²) in [6.07, 6.45) is 0. The molecular weight excluding hydrogens is 294 g/mol. The molecule has 0 saturated carbocycles. The van der Waals surface area contributed by atoms with Crippen molar-refractivity contribution in [1.82, 2.24) is 0 Å². The van der Waals surface area contributed by atoms with E-state index in [9.17, 15) is 4.79 Å². The van der Waals surface area contributed by atoms with Gasteiger partial charge in [0.05, 0.1) is 0 Å². The Morgan fingerprint density at radius 3 is 2.52 bits per heavy atom. The zero-order valence-corrected chi connectivity index (χ0v) is 12.2. The Hall–Kier alpha value is -3.21. The first-order chi connectivity index (χ1) is 11.2. The smallest absolute Gasteiger partial charge is 0.371 e. The summed E-state index contributed by atoms with van der Waals surface area (Å²) >= 11 is 0. The number of benzene rings is 2. The average Bonchev–Trinajstić information content (AvgIpc) is 3.04. The molecule has 0 aliphatic heterocycles. The highest BCUT2D eigenvalue weighted by Crippen LogP contribution is 2.22. The number of anilines is 2.